The van der Waals surface area contributed by atoms with E-state index in [1.807, 2.05) is 39.4 Å². The molecule has 0 rings (SSSR count). The summed E-state index contributed by atoms with van der Waals surface area (Å²) in [5.41, 5.74) is 0. The second-order valence-corrected chi connectivity index (χ2v) is 17.7. The van der Waals surface area contributed by atoms with E-state index >= 15 is 0 Å². The van der Waals surface area contributed by atoms with Crippen molar-refractivity contribution in [2.75, 3.05) is 54.1 Å². The fourth-order valence-electron chi connectivity index (χ4n) is 5.55. The minimum absolute atomic E-state index is 0.0112. The maximum Gasteiger partial charge on any atom is 0.472 e. The molecule has 0 saturated heterocycles. The van der Waals surface area contributed by atoms with Crippen LogP contribution in [0.5, 0.6) is 0 Å². The Kier molecular flexibility index (Phi) is 36.1. The standard InChI is InChI=1S/C46H82NO11P/c1-6-7-8-9-10-11-12-13-14-15-16-17-22-27-37-55-39-45(40-57-59(53,54)56-38-36-47(3,4)5)58-46(52)35-34-44(51)33-32-43(50)31-26-21-20-25-30-42(49)29-24-19-18-23-28-41(2)48/h19-21,23-26,28,30-33,41-45,48-51H,6-18,22,27,29,34-40H2,1-5H3/p+1/b21-20+,24-19+,28-23-,30-25-,31-26+,33-32+. The molecule has 0 amide bonds. The van der Waals surface area contributed by atoms with E-state index in [-0.39, 0.29) is 26.1 Å². The molecule has 342 valence electrons. The highest BCUT2D eigenvalue weighted by atomic mass is 31.2. The summed E-state index contributed by atoms with van der Waals surface area (Å²) in [6.45, 7) is 4.49. The second-order valence-electron chi connectivity index (χ2n) is 16.2. The molecule has 0 saturated carbocycles. The number of nitrogens with zero attached hydrogens (tertiary/aromatic N) is 1. The van der Waals surface area contributed by atoms with Crippen LogP contribution in [-0.4, -0.2) is 120 Å². The molecule has 59 heavy (non-hydrogen) atoms. The molecule has 0 aromatic rings. The van der Waals surface area contributed by atoms with Crippen LogP contribution >= 0.6 is 7.82 Å². The number of rotatable bonds is 39. The zero-order valence-corrected chi connectivity index (χ0v) is 38.1. The van der Waals surface area contributed by atoms with E-state index < -0.39 is 50.9 Å². The van der Waals surface area contributed by atoms with E-state index in [1.165, 1.54) is 88.9 Å². The minimum Gasteiger partial charge on any atom is -0.457 e. The molecule has 6 atom stereocenters. The van der Waals surface area contributed by atoms with Crippen molar-refractivity contribution in [1.82, 2.24) is 0 Å². The smallest absolute Gasteiger partial charge is 0.457 e. The summed E-state index contributed by atoms with van der Waals surface area (Å²) >= 11 is 0. The number of unbranched alkanes of at least 4 members (excludes halogenated alkanes) is 13. The first-order valence-corrected chi connectivity index (χ1v) is 23.6. The van der Waals surface area contributed by atoms with Gasteiger partial charge in [0.05, 0.1) is 58.8 Å². The second kappa shape index (κ2) is 37.5. The van der Waals surface area contributed by atoms with Crippen molar-refractivity contribution in [2.45, 2.75) is 160 Å². The summed E-state index contributed by atoms with van der Waals surface area (Å²) < 4.78 is 34.6. The summed E-state index contributed by atoms with van der Waals surface area (Å²) in [7, 11) is 1.40. The van der Waals surface area contributed by atoms with E-state index in [4.69, 9.17) is 18.5 Å². The lowest BCUT2D eigenvalue weighted by Crippen LogP contribution is -2.37. The van der Waals surface area contributed by atoms with Crippen molar-refractivity contribution in [3.8, 4) is 0 Å². The molecule has 5 N–H and O–H groups in total. The van der Waals surface area contributed by atoms with Crippen LogP contribution in [0, 0.1) is 0 Å². The lowest BCUT2D eigenvalue weighted by Gasteiger charge is -2.24. The van der Waals surface area contributed by atoms with Crippen LogP contribution in [0.25, 0.3) is 0 Å². The summed E-state index contributed by atoms with van der Waals surface area (Å²) in [6.07, 6.45) is 34.6. The fraction of sp³-hybridized carbons (Fsp3) is 0.717. The number of allylic oxidation sites excluding steroid dienone is 6. The molecule has 0 fully saturated rings. The third-order valence-electron chi connectivity index (χ3n) is 9.06. The first-order valence-electron chi connectivity index (χ1n) is 22.1. The molecule has 0 aromatic heterocycles. The largest absolute Gasteiger partial charge is 0.472 e. The van der Waals surface area contributed by atoms with Gasteiger partial charge in [-0.3, -0.25) is 13.8 Å². The topological polar surface area (TPSA) is 172 Å². The van der Waals surface area contributed by atoms with E-state index in [9.17, 15) is 34.7 Å². The molecule has 0 heterocycles. The van der Waals surface area contributed by atoms with Crippen LogP contribution in [0.4, 0.5) is 0 Å². The zero-order valence-electron chi connectivity index (χ0n) is 37.2. The molecule has 0 spiro atoms. The molecule has 0 aliphatic carbocycles. The normalized spacial score (nSPS) is 16.6. The molecule has 0 bridgehead atoms. The summed E-state index contributed by atoms with van der Waals surface area (Å²) in [4.78, 5) is 22.9. The molecule has 0 aromatic carbocycles. The van der Waals surface area contributed by atoms with Crippen molar-refractivity contribution < 1.29 is 57.7 Å². The fourth-order valence-corrected chi connectivity index (χ4v) is 6.29. The number of phosphoric ester groups is 1. The number of aliphatic hydroxyl groups is 4. The molecule has 13 heteroatoms. The van der Waals surface area contributed by atoms with Gasteiger partial charge in [-0.25, -0.2) is 4.57 Å². The lowest BCUT2D eigenvalue weighted by molar-refractivity contribution is -0.870. The monoisotopic (exact) mass is 857 g/mol. The van der Waals surface area contributed by atoms with Crippen LogP contribution in [-0.2, 0) is 27.9 Å². The molecule has 6 unspecified atom stereocenters. The van der Waals surface area contributed by atoms with Crippen LogP contribution in [0.2, 0.25) is 0 Å². The number of phosphoric acid groups is 1. The Morgan fingerprint density at radius 1 is 0.661 bits per heavy atom. The van der Waals surface area contributed by atoms with Crippen LogP contribution < -0.4 is 0 Å². The summed E-state index contributed by atoms with van der Waals surface area (Å²) in [5, 5.41) is 39.8. The number of carbonyl (C=O) groups is 1. The number of esters is 1. The number of likely N-dealkylation sites (N-methyl/N-ethyl adjacent to an activating group) is 1. The van der Waals surface area contributed by atoms with Gasteiger partial charge in [0.1, 0.15) is 19.3 Å². The first-order chi connectivity index (χ1) is 28.1. The van der Waals surface area contributed by atoms with Gasteiger partial charge in [-0.1, -0.05) is 163 Å². The van der Waals surface area contributed by atoms with E-state index in [1.54, 1.807) is 43.4 Å². The third kappa shape index (κ3) is 42.3. The van der Waals surface area contributed by atoms with Gasteiger partial charge in [0, 0.05) is 13.0 Å². The maximum absolute atomic E-state index is 12.7. The van der Waals surface area contributed by atoms with Gasteiger partial charge in [0.2, 0.25) is 0 Å². The number of aliphatic hydroxyl groups excluding tert-OH is 4. The molecular weight excluding hydrogens is 773 g/mol. The molecule has 0 radical (unpaired) electrons. The Labute approximate surface area is 357 Å². The zero-order chi connectivity index (χ0) is 44.0. The average molecular weight is 857 g/mol. The Morgan fingerprint density at radius 2 is 1.25 bits per heavy atom. The lowest BCUT2D eigenvalue weighted by atomic mass is 10.0. The van der Waals surface area contributed by atoms with Gasteiger partial charge in [-0.05, 0) is 32.6 Å². The van der Waals surface area contributed by atoms with Crippen LogP contribution in [0.1, 0.15) is 129 Å². The Bertz CT molecular complexity index is 1240. The van der Waals surface area contributed by atoms with Gasteiger partial charge >= 0.3 is 13.8 Å². The molecule has 0 aliphatic heterocycles. The number of carbonyl (C=O) groups excluding carboxylic acids is 1. The van der Waals surface area contributed by atoms with Gasteiger partial charge in [-0.2, -0.15) is 0 Å². The average Bonchev–Trinajstić information content (AvgIpc) is 3.17. The van der Waals surface area contributed by atoms with Gasteiger partial charge in [0.25, 0.3) is 0 Å². The van der Waals surface area contributed by atoms with Crippen LogP contribution in [0.3, 0.4) is 0 Å². The van der Waals surface area contributed by atoms with Crippen molar-refractivity contribution in [3.05, 3.63) is 72.9 Å². The Morgan fingerprint density at radius 3 is 1.85 bits per heavy atom. The number of hydrogen-bond acceptors (Lipinski definition) is 10. The predicted octanol–water partition coefficient (Wildman–Crippen LogP) is 8.60. The summed E-state index contributed by atoms with van der Waals surface area (Å²) in [5.74, 6) is -0.630. The van der Waals surface area contributed by atoms with E-state index in [0.29, 0.717) is 30.5 Å². The maximum atomic E-state index is 12.7. The minimum atomic E-state index is -4.39. The van der Waals surface area contributed by atoms with Crippen molar-refractivity contribution in [2.24, 2.45) is 0 Å². The van der Waals surface area contributed by atoms with Crippen molar-refractivity contribution in [3.63, 3.8) is 0 Å². The quantitative estimate of drug-likeness (QED) is 0.0100. The molecule has 0 aliphatic rings. The third-order valence-corrected chi connectivity index (χ3v) is 10.0. The first kappa shape index (κ1) is 56.8. The van der Waals surface area contributed by atoms with Gasteiger partial charge in [0.15, 0.2) is 0 Å². The van der Waals surface area contributed by atoms with E-state index in [0.717, 1.165) is 19.3 Å². The van der Waals surface area contributed by atoms with Crippen molar-refractivity contribution in [1.29, 1.82) is 0 Å². The van der Waals surface area contributed by atoms with Crippen LogP contribution in [0.15, 0.2) is 72.9 Å². The van der Waals surface area contributed by atoms with Gasteiger partial charge in [-0.15, -0.1) is 0 Å². The van der Waals surface area contributed by atoms with Gasteiger partial charge < -0.3 is 39.3 Å². The van der Waals surface area contributed by atoms with Crippen molar-refractivity contribution >= 4 is 13.8 Å². The number of ether oxygens (including phenoxy) is 2. The highest BCUT2D eigenvalue weighted by molar-refractivity contribution is 7.47. The van der Waals surface area contributed by atoms with E-state index in [2.05, 4.69) is 6.92 Å². The highest BCUT2D eigenvalue weighted by Crippen LogP contribution is 2.43. The highest BCUT2D eigenvalue weighted by Gasteiger charge is 2.26. The number of hydrogen-bond donors (Lipinski definition) is 5. The molecule has 12 nitrogen and oxygen atoms in total. The number of quaternary nitrogens is 1. The Balaban J connectivity index is 4.67. The summed E-state index contributed by atoms with van der Waals surface area (Å²) in [6, 6.07) is 0. The SMILES string of the molecule is CCCCCCCCCCCCCCCCOCC(COP(=O)(O)OCC[N+](C)(C)C)OC(=O)CCC(O)/C=C/C(O)/C=C/C=C/C=C\C(O)C/C=C/C/C=C\C(C)O. The predicted molar refractivity (Wildman–Crippen MR) is 239 cm³/mol. The molecular formula is C46H83NO11P+. The Hall–Kier alpha value is -2.22.